The molecule has 178 valence electrons. The van der Waals surface area contributed by atoms with E-state index in [1.807, 2.05) is 0 Å². The van der Waals surface area contributed by atoms with Gasteiger partial charge in [-0.25, -0.2) is 10.2 Å². The van der Waals surface area contributed by atoms with E-state index in [1.165, 1.54) is 16.8 Å². The summed E-state index contributed by atoms with van der Waals surface area (Å²) in [5, 5.41) is 28.1. The molecule has 12 nitrogen and oxygen atoms in total. The first-order chi connectivity index (χ1) is 16.2. The smallest absolute Gasteiger partial charge is 0.371 e. The van der Waals surface area contributed by atoms with E-state index < -0.39 is 10.9 Å². The van der Waals surface area contributed by atoms with Gasteiger partial charge in [0.05, 0.1) is 17.2 Å². The minimum atomic E-state index is -1.15. The normalized spacial score (nSPS) is 11.3. The zero-order chi connectivity index (χ0) is 24.8. The van der Waals surface area contributed by atoms with Gasteiger partial charge < -0.3 is 14.3 Å². The fraction of sp³-hybridized carbons (Fsp3) is 0.273. The number of ether oxygens (including phenoxy) is 1. The number of furan rings is 1. The van der Waals surface area contributed by atoms with Crippen molar-refractivity contribution >= 4 is 23.3 Å². The molecule has 3 aromatic rings. The van der Waals surface area contributed by atoms with Gasteiger partial charge in [0.15, 0.2) is 0 Å². The van der Waals surface area contributed by atoms with Crippen LogP contribution in [0.15, 0.2) is 45.9 Å². The summed E-state index contributed by atoms with van der Waals surface area (Å²) in [6.45, 7) is 5.15. The second-order valence-electron chi connectivity index (χ2n) is 7.37. The van der Waals surface area contributed by atoms with Crippen LogP contribution in [0.4, 0.5) is 5.69 Å². The van der Waals surface area contributed by atoms with Gasteiger partial charge in [-0.15, -0.1) is 0 Å². The van der Waals surface area contributed by atoms with E-state index in [9.17, 15) is 19.7 Å². The molecule has 34 heavy (non-hydrogen) atoms. The zero-order valence-corrected chi connectivity index (χ0v) is 18.8. The summed E-state index contributed by atoms with van der Waals surface area (Å²) in [6, 6.07) is 9.85. The number of carbonyl (C=O) groups is 2. The summed E-state index contributed by atoms with van der Waals surface area (Å²) in [6.07, 6.45) is 0.0546. The monoisotopic (exact) mass is 469 g/mol. The summed E-state index contributed by atoms with van der Waals surface area (Å²) < 4.78 is 12.2. The van der Waals surface area contributed by atoms with Crippen molar-refractivity contribution in [1.82, 2.24) is 15.2 Å². The van der Waals surface area contributed by atoms with Gasteiger partial charge in [0.2, 0.25) is 11.7 Å². The van der Waals surface area contributed by atoms with Crippen LogP contribution in [0.5, 0.6) is 5.75 Å². The average Bonchev–Trinajstić information content (AvgIpc) is 3.39. The lowest BCUT2D eigenvalue weighted by molar-refractivity contribution is -0.386. The van der Waals surface area contributed by atoms with Crippen molar-refractivity contribution < 1.29 is 28.8 Å². The topological polar surface area (TPSA) is 162 Å². The molecule has 0 aliphatic carbocycles. The third-order valence-corrected chi connectivity index (χ3v) is 4.95. The van der Waals surface area contributed by atoms with Crippen LogP contribution in [-0.4, -0.2) is 37.4 Å². The molecule has 0 atom stereocenters. The van der Waals surface area contributed by atoms with Crippen molar-refractivity contribution in [3.05, 3.63) is 75.0 Å². The molecule has 0 spiro atoms. The molecule has 0 saturated heterocycles. The number of nitrogens with zero attached hydrogens (tertiary/aromatic N) is 4. The molecular weight excluding hydrogens is 446 g/mol. The van der Waals surface area contributed by atoms with Crippen LogP contribution >= 0.6 is 0 Å². The summed E-state index contributed by atoms with van der Waals surface area (Å²) in [7, 11) is 0. The molecule has 3 rings (SSSR count). The Hall–Kier alpha value is -4.48. The van der Waals surface area contributed by atoms with Crippen LogP contribution in [0, 0.1) is 24.0 Å². The molecule has 2 heterocycles. The Morgan fingerprint density at radius 2 is 1.94 bits per heavy atom. The first-order valence-electron chi connectivity index (χ1n) is 10.2. The summed E-state index contributed by atoms with van der Waals surface area (Å²) >= 11 is 0. The summed E-state index contributed by atoms with van der Waals surface area (Å²) in [4.78, 5) is 33.6. The van der Waals surface area contributed by atoms with Gasteiger partial charge in [0.25, 0.3) is 0 Å². The number of carbonyl (C=O) groups excluding carboxylic acids is 1. The van der Waals surface area contributed by atoms with Crippen molar-refractivity contribution in [3.63, 3.8) is 0 Å². The van der Waals surface area contributed by atoms with E-state index in [0.717, 1.165) is 5.56 Å². The number of aromatic carboxylic acids is 1. The number of hydrazone groups is 1. The van der Waals surface area contributed by atoms with Gasteiger partial charge in [-0.1, -0.05) is 0 Å². The number of nitrogens with one attached hydrogen (secondary N) is 1. The largest absolute Gasteiger partial charge is 0.486 e. The molecule has 0 unspecified atom stereocenters. The highest BCUT2D eigenvalue weighted by molar-refractivity contribution is 5.99. The van der Waals surface area contributed by atoms with E-state index in [-0.39, 0.29) is 36.9 Å². The lowest BCUT2D eigenvalue weighted by Gasteiger charge is -2.07. The van der Waals surface area contributed by atoms with Gasteiger partial charge in [-0.05, 0) is 62.7 Å². The number of benzene rings is 1. The fourth-order valence-electron chi connectivity index (χ4n) is 3.16. The first kappa shape index (κ1) is 24.2. The average molecular weight is 469 g/mol. The quantitative estimate of drug-likeness (QED) is 0.260. The van der Waals surface area contributed by atoms with Gasteiger partial charge in [-0.3, -0.25) is 19.6 Å². The number of carboxylic acid groups (broad SMARTS) is 1. The van der Waals surface area contributed by atoms with Gasteiger partial charge in [0.1, 0.15) is 29.5 Å². The van der Waals surface area contributed by atoms with E-state index in [0.29, 0.717) is 28.6 Å². The molecule has 1 amide bonds. The number of carboxylic acids is 1. The third kappa shape index (κ3) is 5.85. The van der Waals surface area contributed by atoms with Crippen LogP contribution in [0.25, 0.3) is 0 Å². The molecular formula is C22H23N5O7. The number of aromatic nitrogens is 2. The maximum absolute atomic E-state index is 12.1. The molecule has 2 aromatic heterocycles. The Morgan fingerprint density at radius 3 is 2.53 bits per heavy atom. The van der Waals surface area contributed by atoms with Crippen LogP contribution in [0.2, 0.25) is 0 Å². The first-order valence-corrected chi connectivity index (χ1v) is 10.2. The number of hydrogen-bond acceptors (Lipinski definition) is 8. The molecule has 2 N–H and O–H groups in total. The fourth-order valence-corrected chi connectivity index (χ4v) is 3.16. The second-order valence-corrected chi connectivity index (χ2v) is 7.37. The third-order valence-electron chi connectivity index (χ3n) is 4.95. The molecule has 0 saturated carbocycles. The molecule has 0 aliphatic rings. The number of aryl methyl sites for hydroxylation is 2. The van der Waals surface area contributed by atoms with Crippen molar-refractivity contribution in [2.24, 2.45) is 5.10 Å². The molecule has 0 fully saturated rings. The lowest BCUT2D eigenvalue weighted by Crippen LogP contribution is -2.21. The predicted octanol–water partition coefficient (Wildman–Crippen LogP) is 3.21. The Morgan fingerprint density at radius 1 is 1.24 bits per heavy atom. The molecule has 0 bridgehead atoms. The molecule has 1 aromatic carbocycles. The van der Waals surface area contributed by atoms with E-state index in [2.05, 4.69) is 15.6 Å². The molecule has 12 heteroatoms. The van der Waals surface area contributed by atoms with Gasteiger partial charge in [0, 0.05) is 6.42 Å². The predicted molar refractivity (Wildman–Crippen MR) is 120 cm³/mol. The minimum absolute atomic E-state index is 0.0455. The summed E-state index contributed by atoms with van der Waals surface area (Å²) in [5.74, 6) is -0.717. The van der Waals surface area contributed by atoms with Crippen LogP contribution in [0.1, 0.15) is 46.6 Å². The van der Waals surface area contributed by atoms with E-state index in [1.54, 1.807) is 45.0 Å². The van der Waals surface area contributed by atoms with Gasteiger partial charge >= 0.3 is 11.7 Å². The maximum Gasteiger partial charge on any atom is 0.371 e. The Balaban J connectivity index is 1.50. The summed E-state index contributed by atoms with van der Waals surface area (Å²) in [5.41, 5.74) is 4.45. The number of hydrogen-bond donors (Lipinski definition) is 2. The Labute approximate surface area is 194 Å². The number of rotatable bonds is 10. The van der Waals surface area contributed by atoms with E-state index in [4.69, 9.17) is 14.3 Å². The number of amides is 1. The molecule has 0 aliphatic heterocycles. The lowest BCUT2D eigenvalue weighted by atomic mass is 10.1. The van der Waals surface area contributed by atoms with Gasteiger partial charge in [-0.2, -0.15) is 10.2 Å². The second kappa shape index (κ2) is 10.4. The SMILES string of the molecule is CC(=NNC(=O)CCn1nc(C)c([N+](=O)[O-])c1C)c1ccc(OCc2ccc(C(=O)O)o2)cc1. The van der Waals surface area contributed by atoms with Crippen molar-refractivity contribution in [2.75, 3.05) is 0 Å². The minimum Gasteiger partial charge on any atom is -0.486 e. The standard InChI is InChI=1S/C22H23N5O7/c1-13(23-24-20(28)10-11-26-15(3)21(27(31)32)14(2)25-26)16-4-6-17(7-5-16)33-12-18-8-9-19(34-18)22(29)30/h4-9H,10-12H2,1-3H3,(H,24,28)(H,29,30). The highest BCUT2D eigenvalue weighted by atomic mass is 16.6. The Kier molecular flexibility index (Phi) is 7.41. The van der Waals surface area contributed by atoms with Crippen LogP contribution in [-0.2, 0) is 17.9 Å². The van der Waals surface area contributed by atoms with E-state index >= 15 is 0 Å². The van der Waals surface area contributed by atoms with Crippen LogP contribution in [0.3, 0.4) is 0 Å². The number of nitro groups is 1. The van der Waals surface area contributed by atoms with Crippen molar-refractivity contribution in [3.8, 4) is 5.75 Å². The van der Waals surface area contributed by atoms with Crippen molar-refractivity contribution in [1.29, 1.82) is 0 Å². The van der Waals surface area contributed by atoms with Crippen LogP contribution < -0.4 is 10.2 Å². The van der Waals surface area contributed by atoms with Crippen molar-refractivity contribution in [2.45, 2.75) is 40.3 Å². The molecule has 0 radical (unpaired) electrons. The highest BCUT2D eigenvalue weighted by Gasteiger charge is 2.21. The zero-order valence-electron chi connectivity index (χ0n) is 18.8. The highest BCUT2D eigenvalue weighted by Crippen LogP contribution is 2.22. The Bertz CT molecular complexity index is 1240. The maximum atomic E-state index is 12.1.